The van der Waals surface area contributed by atoms with Crippen LogP contribution >= 0.6 is 22.9 Å². The topological polar surface area (TPSA) is 29.5 Å². The van der Waals surface area contributed by atoms with E-state index in [0.717, 1.165) is 42.9 Å². The summed E-state index contributed by atoms with van der Waals surface area (Å²) in [7, 11) is 0. The maximum atomic E-state index is 12.4. The standard InChI is InChI=1S/C21H26ClNO2S/c1-3-15(21(24)25-4-2)13-19(17-7-5-6-8-18(17)22)23-11-9-20-16(14-23)10-12-26-20/h5-8,10,12,15,19H,3-4,9,11,13-14H2,1-2H3. The van der Waals surface area contributed by atoms with Crippen molar-refractivity contribution < 1.29 is 9.53 Å². The van der Waals surface area contributed by atoms with Gasteiger partial charge in [0, 0.05) is 29.0 Å². The third-order valence-electron chi connectivity index (χ3n) is 5.16. The predicted molar refractivity (Wildman–Crippen MR) is 108 cm³/mol. The second-order valence-electron chi connectivity index (χ2n) is 6.72. The van der Waals surface area contributed by atoms with Gasteiger partial charge in [-0.1, -0.05) is 36.7 Å². The van der Waals surface area contributed by atoms with Crippen LogP contribution in [-0.2, 0) is 22.5 Å². The van der Waals surface area contributed by atoms with E-state index in [1.807, 2.05) is 36.5 Å². The number of benzene rings is 1. The van der Waals surface area contributed by atoms with Crippen molar-refractivity contribution in [3.8, 4) is 0 Å². The monoisotopic (exact) mass is 391 g/mol. The van der Waals surface area contributed by atoms with Gasteiger partial charge in [0.2, 0.25) is 0 Å². The number of carbonyl (C=O) groups excluding carboxylic acids is 1. The summed E-state index contributed by atoms with van der Waals surface area (Å²) in [6.07, 6.45) is 2.57. The van der Waals surface area contributed by atoms with Gasteiger partial charge in [0.25, 0.3) is 0 Å². The number of ether oxygens (including phenoxy) is 1. The Morgan fingerprint density at radius 2 is 2.12 bits per heavy atom. The Morgan fingerprint density at radius 1 is 1.31 bits per heavy atom. The maximum absolute atomic E-state index is 12.4. The van der Waals surface area contributed by atoms with Crippen LogP contribution in [0, 0.1) is 5.92 Å². The highest BCUT2D eigenvalue weighted by Gasteiger charge is 2.31. The SMILES string of the molecule is CCOC(=O)C(CC)CC(c1ccccc1Cl)N1CCc2sccc2C1. The first-order valence-electron chi connectivity index (χ1n) is 9.34. The van der Waals surface area contributed by atoms with E-state index in [9.17, 15) is 4.79 Å². The lowest BCUT2D eigenvalue weighted by atomic mass is 9.90. The van der Waals surface area contributed by atoms with Crippen LogP contribution in [0.2, 0.25) is 5.02 Å². The molecule has 0 radical (unpaired) electrons. The van der Waals surface area contributed by atoms with E-state index in [0.29, 0.717) is 6.61 Å². The molecule has 2 heterocycles. The van der Waals surface area contributed by atoms with Gasteiger partial charge >= 0.3 is 5.97 Å². The number of carbonyl (C=O) groups is 1. The van der Waals surface area contributed by atoms with Gasteiger partial charge in [-0.25, -0.2) is 0 Å². The largest absolute Gasteiger partial charge is 0.466 e. The molecule has 0 bridgehead atoms. The number of esters is 1. The van der Waals surface area contributed by atoms with Crippen molar-refractivity contribution in [3.05, 3.63) is 56.7 Å². The van der Waals surface area contributed by atoms with Gasteiger partial charge in [-0.15, -0.1) is 11.3 Å². The smallest absolute Gasteiger partial charge is 0.308 e. The molecule has 0 amide bonds. The number of hydrogen-bond donors (Lipinski definition) is 0. The van der Waals surface area contributed by atoms with Gasteiger partial charge in [-0.3, -0.25) is 9.69 Å². The Hall–Kier alpha value is -1.36. The molecular formula is C21H26ClNO2S. The molecular weight excluding hydrogens is 366 g/mol. The number of halogens is 1. The van der Waals surface area contributed by atoms with Gasteiger partial charge < -0.3 is 4.74 Å². The molecule has 0 aliphatic carbocycles. The van der Waals surface area contributed by atoms with Crippen LogP contribution in [0.25, 0.3) is 0 Å². The van der Waals surface area contributed by atoms with Crippen LogP contribution in [0.1, 0.15) is 48.7 Å². The molecule has 2 atom stereocenters. The van der Waals surface area contributed by atoms with Gasteiger partial charge in [-0.05, 0) is 54.8 Å². The van der Waals surface area contributed by atoms with E-state index >= 15 is 0 Å². The molecule has 0 saturated carbocycles. The lowest BCUT2D eigenvalue weighted by molar-refractivity contribution is -0.149. The summed E-state index contributed by atoms with van der Waals surface area (Å²) in [6.45, 7) is 6.24. The zero-order chi connectivity index (χ0) is 18.5. The molecule has 0 saturated heterocycles. The Kier molecular flexibility index (Phi) is 6.74. The summed E-state index contributed by atoms with van der Waals surface area (Å²) < 4.78 is 5.30. The van der Waals surface area contributed by atoms with Gasteiger partial charge in [0.15, 0.2) is 0 Å². The first-order chi connectivity index (χ1) is 12.6. The highest BCUT2D eigenvalue weighted by atomic mass is 35.5. The molecule has 1 aromatic heterocycles. The van der Waals surface area contributed by atoms with E-state index in [1.165, 1.54) is 10.4 Å². The summed E-state index contributed by atoms with van der Waals surface area (Å²) in [5.41, 5.74) is 2.51. The van der Waals surface area contributed by atoms with Crippen molar-refractivity contribution in [1.82, 2.24) is 4.90 Å². The number of rotatable bonds is 7. The molecule has 2 aromatic rings. The number of fused-ring (bicyclic) bond motifs is 1. The highest BCUT2D eigenvalue weighted by Crippen LogP contribution is 2.37. The Morgan fingerprint density at radius 3 is 2.85 bits per heavy atom. The third-order valence-corrected chi connectivity index (χ3v) is 6.53. The van der Waals surface area contributed by atoms with E-state index in [1.54, 1.807) is 0 Å². The van der Waals surface area contributed by atoms with Gasteiger partial charge in [0.05, 0.1) is 12.5 Å². The van der Waals surface area contributed by atoms with Crippen molar-refractivity contribution in [2.45, 2.75) is 45.7 Å². The van der Waals surface area contributed by atoms with Crippen molar-refractivity contribution >= 4 is 28.9 Å². The third kappa shape index (κ3) is 4.30. The van der Waals surface area contributed by atoms with Crippen LogP contribution < -0.4 is 0 Å². The van der Waals surface area contributed by atoms with Crippen LogP contribution in [0.5, 0.6) is 0 Å². The normalized spacial score (nSPS) is 16.7. The number of hydrogen-bond acceptors (Lipinski definition) is 4. The minimum atomic E-state index is -0.111. The van der Waals surface area contributed by atoms with Crippen molar-refractivity contribution in [2.75, 3.05) is 13.2 Å². The molecule has 0 fully saturated rings. The quantitative estimate of drug-likeness (QED) is 0.585. The first-order valence-corrected chi connectivity index (χ1v) is 10.6. The van der Waals surface area contributed by atoms with Gasteiger partial charge in [0.1, 0.15) is 0 Å². The molecule has 1 aliphatic heterocycles. The summed E-state index contributed by atoms with van der Waals surface area (Å²) in [5, 5.41) is 2.94. The average Bonchev–Trinajstić information content (AvgIpc) is 3.11. The fraction of sp³-hybridized carbons (Fsp3) is 0.476. The fourth-order valence-electron chi connectivity index (χ4n) is 3.71. The van der Waals surface area contributed by atoms with E-state index < -0.39 is 0 Å². The van der Waals surface area contributed by atoms with E-state index in [4.69, 9.17) is 16.3 Å². The minimum absolute atomic E-state index is 0.0970. The van der Waals surface area contributed by atoms with E-state index in [-0.39, 0.29) is 17.9 Å². The minimum Gasteiger partial charge on any atom is -0.466 e. The molecule has 5 heteroatoms. The van der Waals surface area contributed by atoms with Crippen molar-refractivity contribution in [1.29, 1.82) is 0 Å². The molecule has 0 N–H and O–H groups in total. The zero-order valence-electron chi connectivity index (χ0n) is 15.4. The molecule has 0 spiro atoms. The highest BCUT2D eigenvalue weighted by molar-refractivity contribution is 7.10. The van der Waals surface area contributed by atoms with Crippen molar-refractivity contribution in [3.63, 3.8) is 0 Å². The Labute approximate surface area is 164 Å². The van der Waals surface area contributed by atoms with Gasteiger partial charge in [-0.2, -0.15) is 0 Å². The second-order valence-corrected chi connectivity index (χ2v) is 8.13. The molecule has 2 unspecified atom stereocenters. The summed E-state index contributed by atoms with van der Waals surface area (Å²) in [6, 6.07) is 10.4. The zero-order valence-corrected chi connectivity index (χ0v) is 17.0. The molecule has 3 rings (SSSR count). The maximum Gasteiger partial charge on any atom is 0.308 e. The summed E-state index contributed by atoms with van der Waals surface area (Å²) in [5.74, 6) is -0.208. The number of nitrogens with zero attached hydrogens (tertiary/aromatic N) is 1. The second kappa shape index (κ2) is 9.03. The average molecular weight is 392 g/mol. The summed E-state index contributed by atoms with van der Waals surface area (Å²) >= 11 is 8.39. The Bertz CT molecular complexity index is 745. The van der Waals surface area contributed by atoms with Crippen LogP contribution in [-0.4, -0.2) is 24.0 Å². The molecule has 3 nitrogen and oxygen atoms in total. The molecule has 1 aliphatic rings. The van der Waals surface area contributed by atoms with Crippen molar-refractivity contribution in [2.24, 2.45) is 5.92 Å². The molecule has 140 valence electrons. The lowest BCUT2D eigenvalue weighted by Gasteiger charge is -2.36. The molecule has 1 aromatic carbocycles. The first kappa shape index (κ1) is 19.4. The fourth-order valence-corrected chi connectivity index (χ4v) is 4.86. The lowest BCUT2D eigenvalue weighted by Crippen LogP contribution is -2.36. The van der Waals surface area contributed by atoms with Crippen LogP contribution in [0.4, 0.5) is 0 Å². The van der Waals surface area contributed by atoms with E-state index in [2.05, 4.69) is 29.3 Å². The number of thiophene rings is 1. The summed E-state index contributed by atoms with van der Waals surface area (Å²) in [4.78, 5) is 16.3. The Balaban J connectivity index is 1.87. The predicted octanol–water partition coefficient (Wildman–Crippen LogP) is 5.48. The molecule has 26 heavy (non-hydrogen) atoms. The van der Waals surface area contributed by atoms with Crippen LogP contribution in [0.15, 0.2) is 35.7 Å². The van der Waals surface area contributed by atoms with Crippen LogP contribution in [0.3, 0.4) is 0 Å².